The van der Waals surface area contributed by atoms with E-state index in [1.54, 1.807) is 24.3 Å². The van der Waals surface area contributed by atoms with Crippen LogP contribution in [-0.2, 0) is 9.59 Å². The Hall–Kier alpha value is -5.06. The third-order valence-corrected chi connectivity index (χ3v) is 12.4. The molecule has 10 heteroatoms. The highest BCUT2D eigenvalue weighted by Crippen LogP contribution is 2.46. The van der Waals surface area contributed by atoms with Crippen LogP contribution in [0.4, 0.5) is 22.7 Å². The Balaban J connectivity index is 1.13. The van der Waals surface area contributed by atoms with Gasteiger partial charge in [-0.1, -0.05) is 170 Å². The number of nitrogens with zero attached hydrogens (tertiary/aromatic N) is 4. The molecule has 0 heterocycles. The second kappa shape index (κ2) is 27.3. The zero-order chi connectivity index (χ0) is 44.6. The number of unbranched alkanes of at least 4 members (excludes halogenated alkanes) is 14. The molecule has 64 heavy (non-hydrogen) atoms. The number of carbonyl (C=O) groups is 2. The first-order chi connectivity index (χ1) is 31.5. The number of rotatable bonds is 27. The quantitative estimate of drug-likeness (QED) is 0.0169. The number of fused-ring (bicyclic) bond motifs is 2. The number of alkyl halides is 2. The first-order valence-electron chi connectivity index (χ1n) is 23.1. The van der Waals surface area contributed by atoms with E-state index < -0.39 is 0 Å². The van der Waals surface area contributed by atoms with E-state index in [0.29, 0.717) is 47.1 Å². The Morgan fingerprint density at radius 3 is 1.09 bits per heavy atom. The summed E-state index contributed by atoms with van der Waals surface area (Å²) in [4.78, 5) is 25.1. The molecular formula is C54H60Br2N4O4. The summed E-state index contributed by atoms with van der Waals surface area (Å²) in [6, 6.07) is 38.8. The van der Waals surface area contributed by atoms with Gasteiger partial charge >= 0.3 is 11.9 Å². The fraction of sp³-hybridized carbons (Fsp3) is 0.370. The van der Waals surface area contributed by atoms with Gasteiger partial charge < -0.3 is 9.47 Å². The van der Waals surface area contributed by atoms with Gasteiger partial charge in [0.1, 0.15) is 11.5 Å². The standard InChI is InChI=1S/C54H60Br2N4O4/c55-39-19-11-7-3-1-5-9-13-25-51(61)63-45-33-29-43(30-34-45)57-59-49-37-27-41-21-15-17-23-47(41)53(49)54-48-24-18-16-22-42(48)28-38-50(54)60-58-44-31-35-46(36-32-44)64-52(62)26-14-10-6-2-4-8-12-20-40-56/h15-18,21-24,27-38H,1-14,19-20,25-26,39-40H2. The van der Waals surface area contributed by atoms with Gasteiger partial charge in [0.15, 0.2) is 0 Å². The smallest absolute Gasteiger partial charge is 0.311 e. The highest BCUT2D eigenvalue weighted by molar-refractivity contribution is 9.09. The Kier molecular flexibility index (Phi) is 20.7. The Bertz CT molecular complexity index is 2270. The van der Waals surface area contributed by atoms with E-state index in [2.05, 4.69) is 78.5 Å². The number of esters is 2. The molecule has 6 aromatic rings. The Morgan fingerprint density at radius 1 is 0.375 bits per heavy atom. The van der Waals surface area contributed by atoms with Crippen molar-refractivity contribution in [3.63, 3.8) is 0 Å². The van der Waals surface area contributed by atoms with Crippen LogP contribution in [0.1, 0.15) is 116 Å². The molecule has 0 aliphatic rings. The molecule has 0 saturated carbocycles. The fourth-order valence-electron chi connectivity index (χ4n) is 7.81. The number of hydrogen-bond donors (Lipinski definition) is 0. The van der Waals surface area contributed by atoms with E-state index in [0.717, 1.165) is 81.9 Å². The summed E-state index contributed by atoms with van der Waals surface area (Å²) in [7, 11) is 0. The fourth-order valence-corrected chi connectivity index (χ4v) is 8.60. The predicted molar refractivity (Wildman–Crippen MR) is 270 cm³/mol. The molecule has 0 radical (unpaired) electrons. The lowest BCUT2D eigenvalue weighted by Crippen LogP contribution is -2.07. The summed E-state index contributed by atoms with van der Waals surface area (Å²) >= 11 is 6.98. The lowest BCUT2D eigenvalue weighted by molar-refractivity contribution is -0.135. The summed E-state index contributed by atoms with van der Waals surface area (Å²) in [5, 5.41) is 25.2. The van der Waals surface area contributed by atoms with Crippen LogP contribution in [0.25, 0.3) is 32.7 Å². The van der Waals surface area contributed by atoms with Gasteiger partial charge in [-0.25, -0.2) is 0 Å². The van der Waals surface area contributed by atoms with Crippen molar-refractivity contribution in [3.8, 4) is 22.6 Å². The van der Waals surface area contributed by atoms with Crippen molar-refractivity contribution in [2.45, 2.75) is 116 Å². The molecule has 334 valence electrons. The van der Waals surface area contributed by atoms with Crippen LogP contribution in [-0.4, -0.2) is 22.6 Å². The third kappa shape index (κ3) is 15.6. The van der Waals surface area contributed by atoms with Gasteiger partial charge in [0.05, 0.1) is 22.7 Å². The lowest BCUT2D eigenvalue weighted by atomic mass is 9.91. The van der Waals surface area contributed by atoms with Gasteiger partial charge in [0.2, 0.25) is 0 Å². The van der Waals surface area contributed by atoms with Gasteiger partial charge in [0, 0.05) is 34.6 Å². The van der Waals surface area contributed by atoms with E-state index in [-0.39, 0.29) is 11.9 Å². The van der Waals surface area contributed by atoms with Crippen molar-refractivity contribution >= 4 is 88.1 Å². The number of hydrogen-bond acceptors (Lipinski definition) is 8. The highest BCUT2D eigenvalue weighted by atomic mass is 79.9. The molecule has 0 aromatic heterocycles. The normalized spacial score (nSPS) is 11.6. The van der Waals surface area contributed by atoms with Gasteiger partial charge in [-0.3, -0.25) is 9.59 Å². The molecule has 6 aromatic carbocycles. The molecule has 0 atom stereocenters. The summed E-state index contributed by atoms with van der Waals surface area (Å²) in [6.45, 7) is 0. The molecule has 0 fully saturated rings. The van der Waals surface area contributed by atoms with E-state index >= 15 is 0 Å². The monoisotopic (exact) mass is 986 g/mol. The summed E-state index contributed by atoms with van der Waals surface area (Å²) in [5.74, 6) is 0.554. The van der Waals surface area contributed by atoms with Crippen LogP contribution in [0.2, 0.25) is 0 Å². The molecule has 8 nitrogen and oxygen atoms in total. The average molecular weight is 989 g/mol. The number of carbonyl (C=O) groups excluding carboxylic acids is 2. The molecule has 0 spiro atoms. The second-order valence-corrected chi connectivity index (χ2v) is 17.8. The molecular weight excluding hydrogens is 928 g/mol. The van der Waals surface area contributed by atoms with Gasteiger partial charge in [-0.05, 0) is 108 Å². The second-order valence-electron chi connectivity index (χ2n) is 16.2. The molecule has 0 aliphatic heterocycles. The van der Waals surface area contributed by atoms with Crippen molar-refractivity contribution < 1.29 is 19.1 Å². The summed E-state index contributed by atoms with van der Waals surface area (Å²) < 4.78 is 11.3. The topological polar surface area (TPSA) is 102 Å². The third-order valence-electron chi connectivity index (χ3n) is 11.3. The van der Waals surface area contributed by atoms with Crippen LogP contribution in [0.15, 0.2) is 142 Å². The van der Waals surface area contributed by atoms with E-state index in [1.165, 1.54) is 64.2 Å². The first-order valence-corrected chi connectivity index (χ1v) is 25.4. The average Bonchev–Trinajstić information content (AvgIpc) is 3.32. The zero-order valence-corrected chi connectivity index (χ0v) is 40.0. The van der Waals surface area contributed by atoms with Gasteiger partial charge in [-0.2, -0.15) is 10.2 Å². The molecule has 0 aliphatic carbocycles. The maximum atomic E-state index is 12.6. The molecule has 0 unspecified atom stereocenters. The van der Waals surface area contributed by atoms with Crippen molar-refractivity contribution in [1.82, 2.24) is 0 Å². The van der Waals surface area contributed by atoms with Crippen molar-refractivity contribution in [1.29, 1.82) is 0 Å². The number of ether oxygens (including phenoxy) is 2. The minimum Gasteiger partial charge on any atom is -0.427 e. The van der Waals surface area contributed by atoms with Gasteiger partial charge in [0.25, 0.3) is 0 Å². The molecule has 0 amide bonds. The largest absolute Gasteiger partial charge is 0.427 e. The number of benzene rings is 6. The van der Waals surface area contributed by atoms with Crippen LogP contribution >= 0.6 is 31.9 Å². The van der Waals surface area contributed by atoms with Crippen molar-refractivity contribution in [2.75, 3.05) is 10.7 Å². The maximum absolute atomic E-state index is 12.6. The van der Waals surface area contributed by atoms with E-state index in [9.17, 15) is 9.59 Å². The molecule has 0 N–H and O–H groups in total. The first kappa shape index (κ1) is 48.4. The van der Waals surface area contributed by atoms with Crippen LogP contribution in [0.3, 0.4) is 0 Å². The SMILES string of the molecule is O=C(CCCCCCCCCCBr)Oc1ccc(N=Nc2ccc3ccccc3c2-c2c(N=Nc3ccc(OC(=O)CCCCCCCCCCBr)cc3)ccc3ccccc23)cc1. The summed E-state index contributed by atoms with van der Waals surface area (Å²) in [5.41, 5.74) is 4.38. The lowest BCUT2D eigenvalue weighted by Gasteiger charge is -2.15. The number of azo groups is 2. The van der Waals surface area contributed by atoms with Crippen molar-refractivity contribution in [3.05, 3.63) is 121 Å². The zero-order valence-electron chi connectivity index (χ0n) is 36.9. The molecule has 0 saturated heterocycles. The molecule has 6 rings (SSSR count). The Morgan fingerprint density at radius 2 is 0.719 bits per heavy atom. The molecule has 0 bridgehead atoms. The Labute approximate surface area is 395 Å². The predicted octanol–water partition coefficient (Wildman–Crippen LogP) is 18.1. The minimum absolute atomic E-state index is 0.216. The van der Waals surface area contributed by atoms with Crippen molar-refractivity contribution in [2.24, 2.45) is 20.5 Å². The highest BCUT2D eigenvalue weighted by Gasteiger charge is 2.18. The van der Waals surface area contributed by atoms with Crippen LogP contribution in [0, 0.1) is 0 Å². The minimum atomic E-state index is -0.216. The van der Waals surface area contributed by atoms with E-state index in [4.69, 9.17) is 19.7 Å². The van der Waals surface area contributed by atoms with E-state index in [1.807, 2.05) is 60.7 Å². The summed E-state index contributed by atoms with van der Waals surface area (Å²) in [6.07, 6.45) is 19.4. The van der Waals surface area contributed by atoms with Gasteiger partial charge in [-0.15, -0.1) is 10.2 Å². The van der Waals surface area contributed by atoms with Crippen LogP contribution < -0.4 is 9.47 Å². The number of halogens is 2. The van der Waals surface area contributed by atoms with Crippen LogP contribution in [0.5, 0.6) is 11.5 Å². The maximum Gasteiger partial charge on any atom is 0.311 e.